The van der Waals surface area contributed by atoms with Crippen molar-refractivity contribution < 1.29 is 9.72 Å². The summed E-state index contributed by atoms with van der Waals surface area (Å²) in [6.45, 7) is 1.09. The molecule has 3 rings (SSSR count). The van der Waals surface area contributed by atoms with Crippen molar-refractivity contribution in [1.29, 1.82) is 0 Å². The van der Waals surface area contributed by atoms with Crippen molar-refractivity contribution >= 4 is 23.0 Å². The third kappa shape index (κ3) is 3.96. The number of nitrogens with one attached hydrogen (secondary N) is 1. The van der Waals surface area contributed by atoms with E-state index in [1.165, 1.54) is 11.6 Å². The maximum atomic E-state index is 12.7. The minimum absolute atomic E-state index is 0.0232. The van der Waals surface area contributed by atoms with Crippen LogP contribution in [0.25, 0.3) is 0 Å². The van der Waals surface area contributed by atoms with Crippen molar-refractivity contribution in [2.45, 2.75) is 25.7 Å². The summed E-state index contributed by atoms with van der Waals surface area (Å²) >= 11 is 0. The lowest BCUT2D eigenvalue weighted by atomic mass is 10.1. The monoisotopic (exact) mass is 339 g/mol. The second kappa shape index (κ2) is 7.79. The van der Waals surface area contributed by atoms with Crippen LogP contribution in [0, 0.1) is 10.1 Å². The van der Waals surface area contributed by atoms with Crippen LogP contribution in [0.1, 0.15) is 24.8 Å². The zero-order valence-corrected chi connectivity index (χ0v) is 14.0. The molecule has 0 bridgehead atoms. The minimum Gasteiger partial charge on any atom is -0.379 e. The quantitative estimate of drug-likeness (QED) is 0.665. The number of nitro groups is 1. The average molecular weight is 339 g/mol. The molecule has 2 aromatic rings. The maximum absolute atomic E-state index is 12.7. The number of fused-ring (bicyclic) bond motifs is 1. The molecule has 1 heterocycles. The molecule has 6 nitrogen and oxygen atoms in total. The number of para-hydroxylation sites is 3. The molecule has 0 unspecified atom stereocenters. The number of benzene rings is 2. The zero-order valence-electron chi connectivity index (χ0n) is 14.0. The van der Waals surface area contributed by atoms with Gasteiger partial charge in [0.25, 0.3) is 5.69 Å². The third-order valence-electron chi connectivity index (χ3n) is 4.42. The van der Waals surface area contributed by atoms with E-state index in [1.807, 2.05) is 23.1 Å². The van der Waals surface area contributed by atoms with E-state index in [4.69, 9.17) is 0 Å². The van der Waals surface area contributed by atoms with Crippen molar-refractivity contribution in [3.05, 3.63) is 64.2 Å². The summed E-state index contributed by atoms with van der Waals surface area (Å²) in [5.74, 6) is 0.0421. The SMILES string of the molecule is O=C(CCNc1ccccc1[N+](=O)[O-])N1CCCCc2ccccc21. The summed E-state index contributed by atoms with van der Waals surface area (Å²) in [6, 6.07) is 14.5. The van der Waals surface area contributed by atoms with Crippen molar-refractivity contribution in [2.24, 2.45) is 0 Å². The molecule has 0 aromatic heterocycles. The molecule has 1 aliphatic heterocycles. The Balaban J connectivity index is 1.65. The topological polar surface area (TPSA) is 75.5 Å². The predicted molar refractivity (Wildman–Crippen MR) is 97.9 cm³/mol. The van der Waals surface area contributed by atoms with E-state index in [2.05, 4.69) is 11.4 Å². The summed E-state index contributed by atoms with van der Waals surface area (Å²) in [7, 11) is 0. The van der Waals surface area contributed by atoms with E-state index in [0.29, 0.717) is 18.7 Å². The summed E-state index contributed by atoms with van der Waals surface area (Å²) in [4.78, 5) is 25.1. The van der Waals surface area contributed by atoms with Crippen LogP contribution in [0.5, 0.6) is 0 Å². The summed E-state index contributed by atoms with van der Waals surface area (Å²) < 4.78 is 0. The number of anilines is 2. The summed E-state index contributed by atoms with van der Waals surface area (Å²) in [5.41, 5.74) is 2.67. The van der Waals surface area contributed by atoms with E-state index < -0.39 is 4.92 Å². The second-order valence-corrected chi connectivity index (χ2v) is 6.08. The first-order valence-corrected chi connectivity index (χ1v) is 8.52. The van der Waals surface area contributed by atoms with Gasteiger partial charge in [0.05, 0.1) is 4.92 Å². The Morgan fingerprint density at radius 3 is 2.72 bits per heavy atom. The Morgan fingerprint density at radius 1 is 1.12 bits per heavy atom. The van der Waals surface area contributed by atoms with Gasteiger partial charge in [0.1, 0.15) is 5.69 Å². The highest BCUT2D eigenvalue weighted by Crippen LogP contribution is 2.27. The Hall–Kier alpha value is -2.89. The lowest BCUT2D eigenvalue weighted by Crippen LogP contribution is -2.32. The van der Waals surface area contributed by atoms with E-state index in [1.54, 1.807) is 18.2 Å². The van der Waals surface area contributed by atoms with Gasteiger partial charge in [0.15, 0.2) is 0 Å². The van der Waals surface area contributed by atoms with Crippen LogP contribution in [-0.2, 0) is 11.2 Å². The number of nitro benzene ring substituents is 1. The lowest BCUT2D eigenvalue weighted by Gasteiger charge is -2.23. The Kier molecular flexibility index (Phi) is 5.28. The van der Waals surface area contributed by atoms with Gasteiger partial charge in [-0.2, -0.15) is 0 Å². The summed E-state index contributed by atoms with van der Waals surface area (Å²) in [5, 5.41) is 14.0. The standard InChI is InChI=1S/C19H21N3O3/c23-19(12-13-20-16-9-2-4-11-18(16)22(24)25)21-14-6-5-8-15-7-1-3-10-17(15)21/h1-4,7,9-11,20H,5-6,8,12-14H2. The highest BCUT2D eigenvalue weighted by Gasteiger charge is 2.20. The molecule has 0 saturated carbocycles. The second-order valence-electron chi connectivity index (χ2n) is 6.08. The van der Waals surface area contributed by atoms with Crippen LogP contribution in [-0.4, -0.2) is 23.9 Å². The number of nitrogens with zero attached hydrogens (tertiary/aromatic N) is 2. The molecule has 0 fully saturated rings. The van der Waals surface area contributed by atoms with Gasteiger partial charge in [-0.15, -0.1) is 0 Å². The molecule has 0 aliphatic carbocycles. The Bertz CT molecular complexity index is 776. The van der Waals surface area contributed by atoms with Crippen molar-refractivity contribution in [3.8, 4) is 0 Å². The number of hydrogen-bond acceptors (Lipinski definition) is 4. The third-order valence-corrected chi connectivity index (χ3v) is 4.42. The van der Waals surface area contributed by atoms with E-state index in [0.717, 1.165) is 31.5 Å². The average Bonchev–Trinajstić information content (AvgIpc) is 2.84. The van der Waals surface area contributed by atoms with Crippen LogP contribution in [0.4, 0.5) is 17.1 Å². The van der Waals surface area contributed by atoms with Gasteiger partial charge in [-0.05, 0) is 37.0 Å². The fraction of sp³-hybridized carbons (Fsp3) is 0.316. The largest absolute Gasteiger partial charge is 0.379 e. The van der Waals surface area contributed by atoms with E-state index in [-0.39, 0.29) is 11.6 Å². The number of aryl methyl sites for hydroxylation is 1. The van der Waals surface area contributed by atoms with Crippen molar-refractivity contribution in [1.82, 2.24) is 0 Å². The number of carbonyl (C=O) groups excluding carboxylic acids is 1. The fourth-order valence-corrected chi connectivity index (χ4v) is 3.17. The van der Waals surface area contributed by atoms with Gasteiger partial charge < -0.3 is 10.2 Å². The number of rotatable bonds is 5. The lowest BCUT2D eigenvalue weighted by molar-refractivity contribution is -0.384. The number of hydrogen-bond donors (Lipinski definition) is 1. The summed E-state index contributed by atoms with van der Waals surface area (Å²) in [6.07, 6.45) is 3.35. The molecule has 6 heteroatoms. The first-order valence-electron chi connectivity index (χ1n) is 8.52. The Morgan fingerprint density at radius 2 is 1.88 bits per heavy atom. The van der Waals surface area contributed by atoms with Crippen LogP contribution in [0.2, 0.25) is 0 Å². The number of carbonyl (C=O) groups is 1. The molecule has 0 radical (unpaired) electrons. The van der Waals surface area contributed by atoms with Crippen LogP contribution in [0.3, 0.4) is 0 Å². The van der Waals surface area contributed by atoms with E-state index >= 15 is 0 Å². The highest BCUT2D eigenvalue weighted by atomic mass is 16.6. The number of amides is 1. The molecule has 1 N–H and O–H groups in total. The first-order chi connectivity index (χ1) is 12.2. The molecule has 1 aliphatic rings. The fourth-order valence-electron chi connectivity index (χ4n) is 3.17. The maximum Gasteiger partial charge on any atom is 0.292 e. The predicted octanol–water partition coefficient (Wildman–Crippen LogP) is 3.77. The molecule has 0 atom stereocenters. The normalized spacial score (nSPS) is 13.7. The minimum atomic E-state index is -0.421. The van der Waals surface area contributed by atoms with E-state index in [9.17, 15) is 14.9 Å². The first kappa shape index (κ1) is 17.0. The highest BCUT2D eigenvalue weighted by molar-refractivity contribution is 5.94. The molecule has 130 valence electrons. The molecule has 25 heavy (non-hydrogen) atoms. The van der Waals surface area contributed by atoms with Gasteiger partial charge in [0.2, 0.25) is 5.91 Å². The van der Waals surface area contributed by atoms with Crippen LogP contribution >= 0.6 is 0 Å². The van der Waals surface area contributed by atoms with Gasteiger partial charge in [-0.1, -0.05) is 30.3 Å². The molecular formula is C19H21N3O3. The van der Waals surface area contributed by atoms with Crippen molar-refractivity contribution in [3.63, 3.8) is 0 Å². The molecule has 1 amide bonds. The van der Waals surface area contributed by atoms with Gasteiger partial charge in [0, 0.05) is 31.3 Å². The van der Waals surface area contributed by atoms with Gasteiger partial charge in [-0.25, -0.2) is 0 Å². The van der Waals surface area contributed by atoms with Gasteiger partial charge in [-0.3, -0.25) is 14.9 Å². The van der Waals surface area contributed by atoms with Crippen LogP contribution < -0.4 is 10.2 Å². The van der Waals surface area contributed by atoms with Gasteiger partial charge >= 0.3 is 0 Å². The molecule has 0 saturated heterocycles. The molecule has 2 aromatic carbocycles. The molecule has 0 spiro atoms. The van der Waals surface area contributed by atoms with Crippen LogP contribution in [0.15, 0.2) is 48.5 Å². The smallest absolute Gasteiger partial charge is 0.292 e. The Labute approximate surface area is 146 Å². The molecular weight excluding hydrogens is 318 g/mol. The van der Waals surface area contributed by atoms with Crippen molar-refractivity contribution in [2.75, 3.05) is 23.3 Å². The zero-order chi connectivity index (χ0) is 17.6.